The van der Waals surface area contributed by atoms with Crippen LogP contribution < -0.4 is 10.9 Å². The van der Waals surface area contributed by atoms with E-state index >= 15 is 0 Å². The van der Waals surface area contributed by atoms with Gasteiger partial charge in [0.15, 0.2) is 0 Å². The summed E-state index contributed by atoms with van der Waals surface area (Å²) in [6.07, 6.45) is -4.37. The number of nitrogens with zero attached hydrogens (tertiary/aromatic N) is 1. The normalized spacial score (nSPS) is 15.2. The highest BCUT2D eigenvalue weighted by atomic mass is 19.4. The molecule has 88 valence electrons. The summed E-state index contributed by atoms with van der Waals surface area (Å²) in [7, 11) is 0. The van der Waals surface area contributed by atoms with Crippen molar-refractivity contribution in [3.63, 3.8) is 0 Å². The molecule has 1 aliphatic heterocycles. The van der Waals surface area contributed by atoms with E-state index in [0.29, 0.717) is 18.8 Å². The molecule has 2 heterocycles. The molecule has 3 nitrogen and oxygen atoms in total. The molecule has 2 rings (SSSR count). The molecule has 16 heavy (non-hydrogen) atoms. The van der Waals surface area contributed by atoms with Crippen molar-refractivity contribution < 1.29 is 13.2 Å². The van der Waals surface area contributed by atoms with Crippen LogP contribution in [0.15, 0.2) is 10.9 Å². The monoisotopic (exact) mass is 232 g/mol. The fourth-order valence-corrected chi connectivity index (χ4v) is 1.98. The maximum absolute atomic E-state index is 12.3. The van der Waals surface area contributed by atoms with E-state index in [0.717, 1.165) is 15.7 Å². The minimum Gasteiger partial charge on any atom is -0.307 e. The summed E-state index contributed by atoms with van der Waals surface area (Å²) in [5, 5.41) is 2.95. The SMILES string of the molecule is Cc1cc(=O)n(CC(F)(F)F)c2c1CNC2. The number of hydrogen-bond acceptors (Lipinski definition) is 2. The number of aromatic nitrogens is 1. The predicted octanol–water partition coefficient (Wildman–Crippen LogP) is 1.32. The summed E-state index contributed by atoms with van der Waals surface area (Å²) in [5.41, 5.74) is 1.44. The summed E-state index contributed by atoms with van der Waals surface area (Å²) in [6, 6.07) is 1.26. The molecule has 1 N–H and O–H groups in total. The van der Waals surface area contributed by atoms with Crippen LogP contribution in [0.4, 0.5) is 13.2 Å². The first-order valence-corrected chi connectivity index (χ1v) is 4.88. The van der Waals surface area contributed by atoms with Gasteiger partial charge in [0.05, 0.1) is 0 Å². The van der Waals surface area contributed by atoms with E-state index in [1.165, 1.54) is 6.07 Å². The number of pyridine rings is 1. The van der Waals surface area contributed by atoms with Crippen molar-refractivity contribution in [2.75, 3.05) is 0 Å². The number of aryl methyl sites for hydroxylation is 1. The van der Waals surface area contributed by atoms with E-state index in [-0.39, 0.29) is 0 Å². The van der Waals surface area contributed by atoms with E-state index in [9.17, 15) is 18.0 Å². The Morgan fingerprint density at radius 1 is 1.44 bits per heavy atom. The van der Waals surface area contributed by atoms with Gasteiger partial charge in [0.2, 0.25) is 0 Å². The van der Waals surface area contributed by atoms with Crippen molar-refractivity contribution in [2.45, 2.75) is 32.7 Å². The summed E-state index contributed by atoms with van der Waals surface area (Å²) in [6.45, 7) is 1.38. The van der Waals surface area contributed by atoms with Crippen LogP contribution in [-0.4, -0.2) is 10.7 Å². The zero-order chi connectivity index (χ0) is 11.9. The van der Waals surface area contributed by atoms with E-state index in [2.05, 4.69) is 5.32 Å². The minimum atomic E-state index is -4.37. The Balaban J connectivity index is 2.54. The number of alkyl halides is 3. The van der Waals surface area contributed by atoms with Gasteiger partial charge in [0.25, 0.3) is 5.56 Å². The fraction of sp³-hybridized carbons (Fsp3) is 0.500. The lowest BCUT2D eigenvalue weighted by molar-refractivity contribution is -0.141. The van der Waals surface area contributed by atoms with Crippen molar-refractivity contribution in [3.8, 4) is 0 Å². The molecule has 0 saturated carbocycles. The molecule has 0 saturated heterocycles. The zero-order valence-electron chi connectivity index (χ0n) is 8.69. The average molecular weight is 232 g/mol. The molecule has 6 heteroatoms. The second kappa shape index (κ2) is 3.62. The number of halogens is 3. The molecular weight excluding hydrogens is 221 g/mol. The summed E-state index contributed by atoms with van der Waals surface area (Å²) >= 11 is 0. The van der Waals surface area contributed by atoms with Crippen LogP contribution in [0.25, 0.3) is 0 Å². The number of hydrogen-bond donors (Lipinski definition) is 1. The molecule has 0 bridgehead atoms. The van der Waals surface area contributed by atoms with Gasteiger partial charge in [-0.05, 0) is 18.1 Å². The van der Waals surface area contributed by atoms with E-state index in [4.69, 9.17) is 0 Å². The highest BCUT2D eigenvalue weighted by Gasteiger charge is 2.31. The summed E-state index contributed by atoms with van der Waals surface area (Å²) in [4.78, 5) is 11.5. The first kappa shape index (κ1) is 11.2. The number of rotatable bonds is 1. The number of fused-ring (bicyclic) bond motifs is 1. The van der Waals surface area contributed by atoms with Crippen LogP contribution in [0, 0.1) is 6.92 Å². The molecule has 0 amide bonds. The van der Waals surface area contributed by atoms with E-state index < -0.39 is 18.3 Å². The second-order valence-electron chi connectivity index (χ2n) is 3.90. The predicted molar refractivity (Wildman–Crippen MR) is 52.0 cm³/mol. The third-order valence-corrected chi connectivity index (χ3v) is 2.69. The standard InChI is InChI=1S/C10H11F3N2O/c1-6-2-9(16)15(5-10(11,12)13)8-4-14-3-7(6)8/h2,14H,3-5H2,1H3. The molecular formula is C10H11F3N2O. The van der Waals surface area contributed by atoms with E-state index in [1.54, 1.807) is 6.92 Å². The second-order valence-corrected chi connectivity index (χ2v) is 3.90. The van der Waals surface area contributed by atoms with Gasteiger partial charge in [-0.1, -0.05) is 0 Å². The van der Waals surface area contributed by atoms with Crippen LogP contribution in [0.1, 0.15) is 16.8 Å². The van der Waals surface area contributed by atoms with Crippen LogP contribution in [0.5, 0.6) is 0 Å². The van der Waals surface area contributed by atoms with Gasteiger partial charge in [0, 0.05) is 24.8 Å². The van der Waals surface area contributed by atoms with Gasteiger partial charge in [0.1, 0.15) is 6.54 Å². The molecule has 0 radical (unpaired) electrons. The molecule has 0 unspecified atom stereocenters. The Hall–Kier alpha value is -1.30. The van der Waals surface area contributed by atoms with Gasteiger partial charge in [-0.25, -0.2) is 0 Å². The smallest absolute Gasteiger partial charge is 0.307 e. The minimum absolute atomic E-state index is 0.322. The molecule has 0 fully saturated rings. The molecule has 0 atom stereocenters. The number of nitrogens with one attached hydrogen (secondary N) is 1. The Bertz CT molecular complexity index is 476. The largest absolute Gasteiger partial charge is 0.406 e. The highest BCUT2D eigenvalue weighted by Crippen LogP contribution is 2.22. The Morgan fingerprint density at radius 2 is 2.12 bits per heavy atom. The van der Waals surface area contributed by atoms with Crippen molar-refractivity contribution >= 4 is 0 Å². The fourth-order valence-electron chi connectivity index (χ4n) is 1.98. The van der Waals surface area contributed by atoms with Gasteiger partial charge in [-0.2, -0.15) is 13.2 Å². The van der Waals surface area contributed by atoms with Crippen LogP contribution in [0.3, 0.4) is 0 Å². The van der Waals surface area contributed by atoms with Gasteiger partial charge < -0.3 is 9.88 Å². The van der Waals surface area contributed by atoms with Crippen molar-refractivity contribution in [3.05, 3.63) is 33.2 Å². The Labute approximate surface area is 89.9 Å². The molecule has 1 aromatic heterocycles. The molecule has 0 aliphatic carbocycles. The molecule has 1 aliphatic rings. The third kappa shape index (κ3) is 1.97. The first-order chi connectivity index (χ1) is 7.38. The highest BCUT2D eigenvalue weighted by molar-refractivity contribution is 5.32. The first-order valence-electron chi connectivity index (χ1n) is 4.88. The van der Waals surface area contributed by atoms with Crippen molar-refractivity contribution in [1.82, 2.24) is 9.88 Å². The van der Waals surface area contributed by atoms with Crippen LogP contribution >= 0.6 is 0 Å². The molecule has 0 spiro atoms. The van der Waals surface area contributed by atoms with Crippen molar-refractivity contribution in [1.29, 1.82) is 0 Å². The third-order valence-electron chi connectivity index (χ3n) is 2.69. The van der Waals surface area contributed by atoms with Gasteiger partial charge in [-0.3, -0.25) is 4.79 Å². The lowest BCUT2D eigenvalue weighted by Crippen LogP contribution is -2.30. The van der Waals surface area contributed by atoms with E-state index in [1.807, 2.05) is 0 Å². The van der Waals surface area contributed by atoms with Crippen LogP contribution in [0.2, 0.25) is 0 Å². The quantitative estimate of drug-likeness (QED) is 0.792. The topological polar surface area (TPSA) is 34.0 Å². The summed E-state index contributed by atoms with van der Waals surface area (Å²) in [5.74, 6) is 0. The zero-order valence-corrected chi connectivity index (χ0v) is 8.69. The van der Waals surface area contributed by atoms with Crippen LogP contribution in [-0.2, 0) is 19.6 Å². The maximum atomic E-state index is 12.3. The molecule has 1 aromatic rings. The van der Waals surface area contributed by atoms with Gasteiger partial charge >= 0.3 is 6.18 Å². The van der Waals surface area contributed by atoms with Crippen molar-refractivity contribution in [2.24, 2.45) is 0 Å². The average Bonchev–Trinajstić information content (AvgIpc) is 2.59. The summed E-state index contributed by atoms with van der Waals surface area (Å²) < 4.78 is 37.7. The maximum Gasteiger partial charge on any atom is 0.406 e. The Kier molecular flexibility index (Phi) is 2.53. The van der Waals surface area contributed by atoms with Gasteiger partial charge in [-0.15, -0.1) is 0 Å². The lowest BCUT2D eigenvalue weighted by Gasteiger charge is -2.14. The Morgan fingerprint density at radius 3 is 2.75 bits per heavy atom. The molecule has 0 aromatic carbocycles. The lowest BCUT2D eigenvalue weighted by atomic mass is 10.1.